The van der Waals surface area contributed by atoms with Crippen molar-refractivity contribution < 1.29 is 9.90 Å². The average molecular weight is 321 g/mol. The lowest BCUT2D eigenvalue weighted by atomic mass is 9.96. The van der Waals surface area contributed by atoms with E-state index in [2.05, 4.69) is 21.2 Å². The van der Waals surface area contributed by atoms with Crippen LogP contribution in [0.2, 0.25) is 0 Å². The van der Waals surface area contributed by atoms with Crippen molar-refractivity contribution in [2.45, 2.75) is 13.8 Å². The molecule has 1 rings (SSSR count). The number of aromatic hydroxyl groups is 1. The summed E-state index contributed by atoms with van der Waals surface area (Å²) in [6, 6.07) is 4.77. The van der Waals surface area contributed by atoms with E-state index in [9.17, 15) is 9.90 Å². The van der Waals surface area contributed by atoms with Gasteiger partial charge in [0.25, 0.3) is 5.91 Å². The van der Waals surface area contributed by atoms with Crippen molar-refractivity contribution in [3.05, 3.63) is 28.2 Å². The van der Waals surface area contributed by atoms with Crippen LogP contribution >= 0.6 is 27.5 Å². The Morgan fingerprint density at radius 3 is 2.71 bits per heavy atom. The molecule has 1 aromatic rings. The van der Waals surface area contributed by atoms with Gasteiger partial charge in [0.15, 0.2) is 0 Å². The fourth-order valence-corrected chi connectivity index (χ4v) is 1.60. The molecule has 94 valence electrons. The maximum Gasteiger partial charge on any atom is 0.255 e. The van der Waals surface area contributed by atoms with Crippen molar-refractivity contribution >= 4 is 33.4 Å². The summed E-state index contributed by atoms with van der Waals surface area (Å²) in [7, 11) is 0. The van der Waals surface area contributed by atoms with Gasteiger partial charge in [-0.05, 0) is 23.6 Å². The van der Waals surface area contributed by atoms with Gasteiger partial charge < -0.3 is 10.4 Å². The Morgan fingerprint density at radius 1 is 1.53 bits per heavy atom. The first kappa shape index (κ1) is 14.3. The smallest absolute Gasteiger partial charge is 0.255 e. The molecule has 17 heavy (non-hydrogen) atoms. The Bertz CT molecular complexity index is 421. The van der Waals surface area contributed by atoms with Gasteiger partial charge in [0.05, 0.1) is 5.56 Å². The molecule has 0 unspecified atom stereocenters. The number of halogens is 2. The number of phenols is 1. The minimum absolute atomic E-state index is 0.0412. The van der Waals surface area contributed by atoms with Gasteiger partial charge >= 0.3 is 0 Å². The van der Waals surface area contributed by atoms with Crippen molar-refractivity contribution in [2.75, 3.05) is 12.4 Å². The SMILES string of the molecule is CC(C)(CCl)CNC(=O)c1ccc(Br)cc1O. The average Bonchev–Trinajstić information content (AvgIpc) is 2.26. The van der Waals surface area contributed by atoms with Crippen LogP contribution in [0.1, 0.15) is 24.2 Å². The Kier molecular flexibility index (Phi) is 4.83. The van der Waals surface area contributed by atoms with Gasteiger partial charge in [-0.25, -0.2) is 0 Å². The summed E-state index contributed by atoms with van der Waals surface area (Å²) in [5.74, 6) is 0.119. The third-order valence-corrected chi connectivity index (χ3v) is 3.51. The zero-order chi connectivity index (χ0) is 13.1. The monoisotopic (exact) mass is 319 g/mol. The van der Waals surface area contributed by atoms with Crippen molar-refractivity contribution in [3.63, 3.8) is 0 Å². The van der Waals surface area contributed by atoms with Crippen LogP contribution in [0.5, 0.6) is 5.75 Å². The second-order valence-electron chi connectivity index (χ2n) is 4.64. The molecule has 0 aliphatic rings. The lowest BCUT2D eigenvalue weighted by molar-refractivity contribution is 0.0937. The van der Waals surface area contributed by atoms with Crippen LogP contribution < -0.4 is 5.32 Å². The molecule has 0 aliphatic heterocycles. The Morgan fingerprint density at radius 2 is 2.18 bits per heavy atom. The number of rotatable bonds is 4. The maximum atomic E-state index is 11.8. The van der Waals surface area contributed by atoms with Gasteiger partial charge in [-0.2, -0.15) is 0 Å². The third kappa shape index (κ3) is 4.21. The molecule has 0 saturated heterocycles. The summed E-state index contributed by atoms with van der Waals surface area (Å²) in [6.07, 6.45) is 0. The molecular weight excluding hydrogens is 305 g/mol. The zero-order valence-electron chi connectivity index (χ0n) is 9.76. The summed E-state index contributed by atoms with van der Waals surface area (Å²) in [6.45, 7) is 4.38. The second kappa shape index (κ2) is 5.74. The lowest BCUT2D eigenvalue weighted by Crippen LogP contribution is -2.35. The quantitative estimate of drug-likeness (QED) is 0.837. The summed E-state index contributed by atoms with van der Waals surface area (Å²) in [5, 5.41) is 12.4. The molecule has 0 fully saturated rings. The predicted molar refractivity (Wildman–Crippen MR) is 72.6 cm³/mol. The van der Waals surface area contributed by atoms with E-state index in [0.717, 1.165) is 4.47 Å². The number of carbonyl (C=O) groups excluding carboxylic acids is 1. The number of hydrogen-bond donors (Lipinski definition) is 2. The van der Waals surface area contributed by atoms with E-state index in [4.69, 9.17) is 11.6 Å². The first-order chi connectivity index (χ1) is 7.85. The van der Waals surface area contributed by atoms with Gasteiger partial charge in [0.2, 0.25) is 0 Å². The highest BCUT2D eigenvalue weighted by molar-refractivity contribution is 9.10. The van der Waals surface area contributed by atoms with Gasteiger partial charge in [-0.15, -0.1) is 11.6 Å². The summed E-state index contributed by atoms with van der Waals surface area (Å²) in [4.78, 5) is 11.8. The van der Waals surface area contributed by atoms with E-state index >= 15 is 0 Å². The molecule has 3 nitrogen and oxygen atoms in total. The maximum absolute atomic E-state index is 11.8. The lowest BCUT2D eigenvalue weighted by Gasteiger charge is -2.21. The van der Waals surface area contributed by atoms with E-state index in [-0.39, 0.29) is 22.6 Å². The van der Waals surface area contributed by atoms with E-state index in [1.807, 2.05) is 13.8 Å². The number of carbonyl (C=O) groups is 1. The largest absolute Gasteiger partial charge is 0.507 e. The molecular formula is C12H15BrClNO2. The fourth-order valence-electron chi connectivity index (χ4n) is 1.16. The number of nitrogens with one attached hydrogen (secondary N) is 1. The fraction of sp³-hybridized carbons (Fsp3) is 0.417. The molecule has 1 aromatic carbocycles. The van der Waals surface area contributed by atoms with Crippen molar-refractivity contribution in [2.24, 2.45) is 5.41 Å². The van der Waals surface area contributed by atoms with Crippen LogP contribution in [-0.2, 0) is 0 Å². The molecule has 0 aromatic heterocycles. The first-order valence-corrected chi connectivity index (χ1v) is 6.51. The molecule has 0 radical (unpaired) electrons. The van der Waals surface area contributed by atoms with E-state index < -0.39 is 0 Å². The molecule has 1 amide bonds. The molecule has 0 bridgehead atoms. The number of phenolic OH excluding ortho intramolecular Hbond substituents is 1. The van der Waals surface area contributed by atoms with Gasteiger partial charge in [0.1, 0.15) is 5.75 Å². The second-order valence-corrected chi connectivity index (χ2v) is 5.82. The van der Waals surface area contributed by atoms with Crippen LogP contribution in [0.3, 0.4) is 0 Å². The standard InChI is InChI=1S/C12H15BrClNO2/c1-12(2,6-14)7-15-11(17)9-4-3-8(13)5-10(9)16/h3-5,16H,6-7H2,1-2H3,(H,15,17). The number of amides is 1. The first-order valence-electron chi connectivity index (χ1n) is 5.18. The molecule has 5 heteroatoms. The minimum Gasteiger partial charge on any atom is -0.507 e. The molecule has 0 aliphatic carbocycles. The van der Waals surface area contributed by atoms with E-state index in [0.29, 0.717) is 12.4 Å². The number of alkyl halides is 1. The molecule has 0 spiro atoms. The van der Waals surface area contributed by atoms with E-state index in [1.165, 1.54) is 6.07 Å². The zero-order valence-corrected chi connectivity index (χ0v) is 12.1. The van der Waals surface area contributed by atoms with Crippen molar-refractivity contribution in [1.82, 2.24) is 5.32 Å². The van der Waals surface area contributed by atoms with Crippen LogP contribution in [-0.4, -0.2) is 23.4 Å². The Balaban J connectivity index is 2.71. The Hall–Kier alpha value is -0.740. The Labute approximate surface area is 114 Å². The molecule has 0 heterocycles. The number of benzene rings is 1. The molecule has 2 N–H and O–H groups in total. The minimum atomic E-state index is -0.298. The van der Waals surface area contributed by atoms with Crippen LogP contribution in [0.25, 0.3) is 0 Å². The van der Waals surface area contributed by atoms with Crippen molar-refractivity contribution in [1.29, 1.82) is 0 Å². The van der Waals surface area contributed by atoms with Crippen LogP contribution in [0, 0.1) is 5.41 Å². The van der Waals surface area contributed by atoms with Gasteiger partial charge in [-0.1, -0.05) is 29.8 Å². The highest BCUT2D eigenvalue weighted by atomic mass is 79.9. The summed E-state index contributed by atoms with van der Waals surface area (Å²) in [5.41, 5.74) is 0.0981. The summed E-state index contributed by atoms with van der Waals surface area (Å²) >= 11 is 8.99. The van der Waals surface area contributed by atoms with Gasteiger partial charge in [-0.3, -0.25) is 4.79 Å². The topological polar surface area (TPSA) is 49.3 Å². The van der Waals surface area contributed by atoms with Crippen LogP contribution in [0.4, 0.5) is 0 Å². The van der Waals surface area contributed by atoms with Crippen molar-refractivity contribution in [3.8, 4) is 5.75 Å². The highest BCUT2D eigenvalue weighted by Crippen LogP contribution is 2.22. The predicted octanol–water partition coefficient (Wildman–Crippen LogP) is 3.15. The number of hydrogen-bond acceptors (Lipinski definition) is 2. The summed E-state index contributed by atoms with van der Waals surface area (Å²) < 4.78 is 0.729. The van der Waals surface area contributed by atoms with Crippen LogP contribution in [0.15, 0.2) is 22.7 Å². The highest BCUT2D eigenvalue weighted by Gasteiger charge is 2.19. The third-order valence-electron chi connectivity index (χ3n) is 2.29. The molecule has 0 saturated carbocycles. The van der Waals surface area contributed by atoms with E-state index in [1.54, 1.807) is 12.1 Å². The van der Waals surface area contributed by atoms with Gasteiger partial charge in [0, 0.05) is 16.9 Å². The normalized spacial score (nSPS) is 11.3. The molecule has 0 atom stereocenters.